The molecule has 224 valence electrons. The van der Waals surface area contributed by atoms with Crippen LogP contribution in [-0.4, -0.2) is 4.98 Å². The minimum atomic E-state index is 0.729. The maximum atomic E-state index is 3.64. The Morgan fingerprint density at radius 1 is 0.474 bits per heavy atom. The molecule has 0 fully saturated rings. The largest absolute Gasteiger partial charge is 0.257 e. The van der Waals surface area contributed by atoms with Gasteiger partial charge in [-0.05, 0) is 19.3 Å². The molecular formula is C36H71N2+. The summed E-state index contributed by atoms with van der Waals surface area (Å²) in [4.78, 5) is 3.64. The van der Waals surface area contributed by atoms with Gasteiger partial charge >= 0.3 is 0 Å². The number of unbranched alkanes of at least 4 members (excludes halogenated alkanes) is 23. The van der Waals surface area contributed by atoms with Gasteiger partial charge in [-0.25, -0.2) is 9.55 Å². The molecular weight excluding hydrogens is 460 g/mol. The molecule has 0 saturated carbocycles. The van der Waals surface area contributed by atoms with E-state index in [0.717, 1.165) is 12.5 Å². The molecule has 1 aromatic heterocycles. The molecule has 2 heteroatoms. The summed E-state index contributed by atoms with van der Waals surface area (Å²) in [5.74, 6) is 2.24. The molecule has 2 nitrogen and oxygen atoms in total. The van der Waals surface area contributed by atoms with E-state index in [9.17, 15) is 0 Å². The number of nitrogens with one attached hydrogen (secondary N) is 1. The van der Waals surface area contributed by atoms with Gasteiger partial charge in [0, 0.05) is 0 Å². The van der Waals surface area contributed by atoms with E-state index in [4.69, 9.17) is 0 Å². The van der Waals surface area contributed by atoms with Crippen LogP contribution in [0, 0.1) is 0 Å². The first kappa shape index (κ1) is 35.2. The lowest BCUT2D eigenvalue weighted by Gasteiger charge is -2.14. The summed E-state index contributed by atoms with van der Waals surface area (Å²) >= 11 is 0. The van der Waals surface area contributed by atoms with E-state index in [1.165, 1.54) is 186 Å². The van der Waals surface area contributed by atoms with Gasteiger partial charge in [0.2, 0.25) is 0 Å². The highest BCUT2D eigenvalue weighted by atomic mass is 15.1. The van der Waals surface area contributed by atoms with Gasteiger partial charge in [-0.1, -0.05) is 181 Å². The van der Waals surface area contributed by atoms with Crippen molar-refractivity contribution in [2.45, 2.75) is 213 Å². The van der Waals surface area contributed by atoms with E-state index in [-0.39, 0.29) is 0 Å². The van der Waals surface area contributed by atoms with Crippen LogP contribution < -0.4 is 4.57 Å². The van der Waals surface area contributed by atoms with Crippen LogP contribution in [0.25, 0.3) is 0 Å². The monoisotopic (exact) mass is 532 g/mol. The Hall–Kier alpha value is -0.790. The predicted molar refractivity (Wildman–Crippen MR) is 170 cm³/mol. The quantitative estimate of drug-likeness (QED) is 0.0752. The summed E-state index contributed by atoms with van der Waals surface area (Å²) in [5.41, 5.74) is 0. The fraction of sp³-hybridized carbons (Fsp3) is 0.917. The number of aromatic amines is 1. The van der Waals surface area contributed by atoms with E-state index in [2.05, 4.69) is 42.7 Å². The van der Waals surface area contributed by atoms with Gasteiger partial charge in [0.1, 0.15) is 12.4 Å². The standard InChI is InChI=1S/C36H70N2/c1-4-7-9-11-13-15-17-19-21-23-25-27-29-31-35(36-37-32-34-38(36)33-6-3)30-28-26-24-22-20-18-16-14-12-10-8-5-2/h32,34-35H,4-31,33H2,1-3H3/p+1/t35-/m0/s1. The van der Waals surface area contributed by atoms with Crippen LogP contribution in [0.2, 0.25) is 0 Å². The fourth-order valence-corrected chi connectivity index (χ4v) is 6.22. The van der Waals surface area contributed by atoms with Crippen molar-refractivity contribution < 1.29 is 4.57 Å². The van der Waals surface area contributed by atoms with Crippen LogP contribution in [-0.2, 0) is 6.54 Å². The summed E-state index contributed by atoms with van der Waals surface area (Å²) in [5, 5.41) is 0. The molecule has 0 bridgehead atoms. The Morgan fingerprint density at radius 2 is 0.816 bits per heavy atom. The first-order valence-electron chi connectivity index (χ1n) is 17.9. The zero-order valence-corrected chi connectivity index (χ0v) is 26.7. The highest BCUT2D eigenvalue weighted by Gasteiger charge is 2.22. The molecule has 0 aromatic carbocycles. The van der Waals surface area contributed by atoms with Gasteiger partial charge in [0.05, 0.1) is 12.5 Å². The number of aryl methyl sites for hydroxylation is 1. The summed E-state index contributed by atoms with van der Waals surface area (Å²) in [7, 11) is 0. The van der Waals surface area contributed by atoms with Crippen molar-refractivity contribution in [1.29, 1.82) is 0 Å². The first-order valence-corrected chi connectivity index (χ1v) is 17.9. The smallest absolute Gasteiger partial charge is 0.247 e. The molecule has 1 N–H and O–H groups in total. The van der Waals surface area contributed by atoms with Gasteiger partial charge in [0.15, 0.2) is 0 Å². The second kappa shape index (κ2) is 27.8. The number of rotatable bonds is 30. The van der Waals surface area contributed by atoms with E-state index < -0.39 is 0 Å². The third-order valence-corrected chi connectivity index (χ3v) is 8.71. The lowest BCUT2D eigenvalue weighted by Crippen LogP contribution is -2.37. The second-order valence-corrected chi connectivity index (χ2v) is 12.4. The van der Waals surface area contributed by atoms with Crippen LogP contribution in [0.4, 0.5) is 0 Å². The van der Waals surface area contributed by atoms with Gasteiger partial charge in [-0.3, -0.25) is 0 Å². The Bertz CT molecular complexity index is 578. The Kier molecular flexibility index (Phi) is 25.7. The van der Waals surface area contributed by atoms with Crippen molar-refractivity contribution in [1.82, 2.24) is 4.98 Å². The third-order valence-electron chi connectivity index (χ3n) is 8.71. The maximum absolute atomic E-state index is 3.64. The van der Waals surface area contributed by atoms with Crippen LogP contribution >= 0.6 is 0 Å². The van der Waals surface area contributed by atoms with Crippen molar-refractivity contribution in [2.75, 3.05) is 0 Å². The Labute approximate surface area is 240 Å². The molecule has 0 aliphatic rings. The molecule has 0 saturated heterocycles. The summed E-state index contributed by atoms with van der Waals surface area (Å²) in [6.45, 7) is 8.08. The molecule has 0 spiro atoms. The van der Waals surface area contributed by atoms with E-state index in [1.807, 2.05) is 0 Å². The third kappa shape index (κ3) is 20.2. The highest BCUT2D eigenvalue weighted by molar-refractivity contribution is 4.90. The topological polar surface area (TPSA) is 19.7 Å². The number of nitrogens with zero attached hydrogens (tertiary/aromatic N) is 1. The fourth-order valence-electron chi connectivity index (χ4n) is 6.22. The van der Waals surface area contributed by atoms with Gasteiger partial charge in [0.25, 0.3) is 5.82 Å². The molecule has 1 aromatic rings. The Balaban J connectivity index is 2.15. The van der Waals surface area contributed by atoms with E-state index >= 15 is 0 Å². The number of aromatic nitrogens is 2. The number of hydrogen-bond donors (Lipinski definition) is 1. The average molecular weight is 532 g/mol. The SMILES string of the molecule is CCCCCCCCCCCCCCC[C@H](CCCCCCCCCCCCCC)c1[nH]cc[n+]1CCC. The summed E-state index contributed by atoms with van der Waals surface area (Å²) in [6.07, 6.45) is 44.5. The van der Waals surface area contributed by atoms with Crippen molar-refractivity contribution in [2.24, 2.45) is 0 Å². The van der Waals surface area contributed by atoms with Gasteiger partial charge in [-0.15, -0.1) is 0 Å². The second-order valence-electron chi connectivity index (χ2n) is 12.4. The summed E-state index contributed by atoms with van der Waals surface area (Å²) < 4.78 is 2.51. The number of imidazole rings is 1. The zero-order valence-electron chi connectivity index (χ0n) is 26.7. The predicted octanol–water partition coefficient (Wildman–Crippen LogP) is 12.4. The molecule has 1 heterocycles. The molecule has 1 rings (SSSR count). The molecule has 0 aliphatic carbocycles. The average Bonchev–Trinajstić information content (AvgIpc) is 3.39. The lowest BCUT2D eigenvalue weighted by atomic mass is 9.93. The highest BCUT2D eigenvalue weighted by Crippen LogP contribution is 2.26. The molecule has 1 atom stereocenters. The van der Waals surface area contributed by atoms with Crippen LogP contribution in [0.15, 0.2) is 12.4 Å². The molecule has 0 aliphatic heterocycles. The van der Waals surface area contributed by atoms with Crippen molar-refractivity contribution in [3.63, 3.8) is 0 Å². The summed E-state index contributed by atoms with van der Waals surface area (Å²) in [6, 6.07) is 0. The lowest BCUT2D eigenvalue weighted by molar-refractivity contribution is -0.704. The van der Waals surface area contributed by atoms with Crippen LogP contribution in [0.5, 0.6) is 0 Å². The van der Waals surface area contributed by atoms with Gasteiger partial charge < -0.3 is 0 Å². The zero-order chi connectivity index (χ0) is 27.4. The van der Waals surface area contributed by atoms with Gasteiger partial charge in [-0.2, -0.15) is 0 Å². The van der Waals surface area contributed by atoms with Crippen molar-refractivity contribution in [3.05, 3.63) is 18.2 Å². The minimum Gasteiger partial charge on any atom is -0.247 e. The van der Waals surface area contributed by atoms with Crippen molar-refractivity contribution in [3.8, 4) is 0 Å². The first-order chi connectivity index (χ1) is 18.8. The molecule has 0 amide bonds. The molecule has 38 heavy (non-hydrogen) atoms. The molecule has 0 radical (unpaired) electrons. The van der Waals surface area contributed by atoms with Crippen molar-refractivity contribution >= 4 is 0 Å². The van der Waals surface area contributed by atoms with E-state index in [0.29, 0.717) is 0 Å². The van der Waals surface area contributed by atoms with Crippen LogP contribution in [0.1, 0.15) is 212 Å². The molecule has 0 unspecified atom stereocenters. The normalized spacial score (nSPS) is 12.4. The van der Waals surface area contributed by atoms with E-state index in [1.54, 1.807) is 0 Å². The van der Waals surface area contributed by atoms with Crippen LogP contribution in [0.3, 0.4) is 0 Å². The number of H-pyrrole nitrogens is 1. The Morgan fingerprint density at radius 3 is 1.16 bits per heavy atom. The number of hydrogen-bond acceptors (Lipinski definition) is 0. The minimum absolute atomic E-state index is 0.729. The maximum Gasteiger partial charge on any atom is 0.257 e.